The second-order valence-corrected chi connectivity index (χ2v) is 8.18. The van der Waals surface area contributed by atoms with Crippen LogP contribution in [-0.2, 0) is 0 Å². The summed E-state index contributed by atoms with van der Waals surface area (Å²) in [5.74, 6) is 0. The van der Waals surface area contributed by atoms with Crippen molar-refractivity contribution in [2.24, 2.45) is 0 Å². The van der Waals surface area contributed by atoms with Crippen LogP contribution < -0.4 is 0 Å². The normalized spacial score (nSPS) is 11.3. The van der Waals surface area contributed by atoms with Gasteiger partial charge in [-0.05, 0) is 79.2 Å². The largest absolute Gasteiger partial charge is 0.0776 e. The standard InChI is InChI=1S/C30H22.CH4/c1-19-21-11-3-7-15-25(21)29(26-16-8-4-12-22(19)26)30-27-17-9-5-13-23(27)20(2)24-14-6-10-18-28(24)30;/h3-18H,1-2H3;1H4. The zero-order chi connectivity index (χ0) is 20.2. The minimum Gasteiger partial charge on any atom is -0.0776 e. The number of fused-ring (bicyclic) bond motifs is 4. The van der Waals surface area contributed by atoms with Crippen molar-refractivity contribution in [1.29, 1.82) is 0 Å². The SMILES string of the molecule is C.Cc1c2ccccc2c(-c2c3ccccc3c(C)c3ccccc23)c2ccccc12. The van der Waals surface area contributed by atoms with Crippen LogP contribution in [0.1, 0.15) is 18.6 Å². The summed E-state index contributed by atoms with van der Waals surface area (Å²) in [5.41, 5.74) is 5.40. The fourth-order valence-electron chi connectivity index (χ4n) is 5.23. The molecule has 0 amide bonds. The summed E-state index contributed by atoms with van der Waals surface area (Å²) in [6.07, 6.45) is 0. The molecule has 0 fully saturated rings. The minimum atomic E-state index is 0. The van der Waals surface area contributed by atoms with E-state index in [9.17, 15) is 0 Å². The highest BCUT2D eigenvalue weighted by Crippen LogP contribution is 2.45. The average Bonchev–Trinajstić information content (AvgIpc) is 2.81. The molecule has 0 heteroatoms. The van der Waals surface area contributed by atoms with Gasteiger partial charge in [-0.1, -0.05) is 104 Å². The van der Waals surface area contributed by atoms with Crippen molar-refractivity contribution in [3.05, 3.63) is 108 Å². The third-order valence-electron chi connectivity index (χ3n) is 6.65. The fourth-order valence-corrected chi connectivity index (χ4v) is 5.23. The van der Waals surface area contributed by atoms with E-state index < -0.39 is 0 Å². The average molecular weight is 399 g/mol. The predicted octanol–water partition coefficient (Wildman–Crippen LogP) is 9.22. The second-order valence-electron chi connectivity index (χ2n) is 8.18. The van der Waals surface area contributed by atoms with E-state index in [0.717, 1.165) is 0 Å². The van der Waals surface area contributed by atoms with Crippen molar-refractivity contribution >= 4 is 43.1 Å². The molecule has 0 nitrogen and oxygen atoms in total. The molecule has 0 saturated heterocycles. The third-order valence-corrected chi connectivity index (χ3v) is 6.65. The first-order valence-corrected chi connectivity index (χ1v) is 10.6. The molecule has 0 aliphatic rings. The number of rotatable bonds is 1. The van der Waals surface area contributed by atoms with Gasteiger partial charge in [0.25, 0.3) is 0 Å². The molecule has 0 spiro atoms. The summed E-state index contributed by atoms with van der Waals surface area (Å²) >= 11 is 0. The van der Waals surface area contributed by atoms with Gasteiger partial charge < -0.3 is 0 Å². The van der Waals surface area contributed by atoms with E-state index in [1.54, 1.807) is 0 Å². The Morgan fingerprint density at radius 1 is 0.323 bits per heavy atom. The third kappa shape index (κ3) is 2.68. The molecule has 0 bridgehead atoms. The van der Waals surface area contributed by atoms with Crippen molar-refractivity contribution in [2.75, 3.05) is 0 Å². The van der Waals surface area contributed by atoms with E-state index in [1.165, 1.54) is 65.3 Å². The molecule has 150 valence electrons. The lowest BCUT2D eigenvalue weighted by atomic mass is 9.83. The summed E-state index contributed by atoms with van der Waals surface area (Å²) in [6.45, 7) is 4.50. The van der Waals surface area contributed by atoms with Gasteiger partial charge >= 0.3 is 0 Å². The summed E-state index contributed by atoms with van der Waals surface area (Å²) in [6, 6.07) is 35.5. The van der Waals surface area contributed by atoms with Crippen LogP contribution in [0.15, 0.2) is 97.1 Å². The topological polar surface area (TPSA) is 0 Å². The predicted molar refractivity (Wildman–Crippen MR) is 138 cm³/mol. The first-order chi connectivity index (χ1) is 14.8. The van der Waals surface area contributed by atoms with Crippen molar-refractivity contribution in [3.63, 3.8) is 0 Å². The highest BCUT2D eigenvalue weighted by Gasteiger charge is 2.18. The van der Waals surface area contributed by atoms with Crippen LogP contribution in [0.2, 0.25) is 0 Å². The Morgan fingerprint density at radius 2 is 0.516 bits per heavy atom. The number of benzene rings is 6. The Labute approximate surface area is 183 Å². The van der Waals surface area contributed by atoms with Crippen LogP contribution in [-0.4, -0.2) is 0 Å². The first kappa shape index (κ1) is 19.3. The molecule has 0 aromatic heterocycles. The van der Waals surface area contributed by atoms with Crippen LogP contribution >= 0.6 is 0 Å². The first-order valence-electron chi connectivity index (χ1n) is 10.6. The second kappa shape index (κ2) is 7.25. The minimum absolute atomic E-state index is 0. The summed E-state index contributed by atoms with van der Waals surface area (Å²) in [4.78, 5) is 0. The summed E-state index contributed by atoms with van der Waals surface area (Å²) < 4.78 is 0. The van der Waals surface area contributed by atoms with E-state index in [-0.39, 0.29) is 7.43 Å². The number of hydrogen-bond donors (Lipinski definition) is 0. The molecule has 0 heterocycles. The Bertz CT molecular complexity index is 1360. The lowest BCUT2D eigenvalue weighted by molar-refractivity contribution is 1.57. The van der Waals surface area contributed by atoms with Crippen molar-refractivity contribution in [2.45, 2.75) is 21.3 Å². The van der Waals surface area contributed by atoms with E-state index in [4.69, 9.17) is 0 Å². The zero-order valence-electron chi connectivity index (χ0n) is 17.2. The van der Waals surface area contributed by atoms with E-state index in [2.05, 4.69) is 111 Å². The van der Waals surface area contributed by atoms with Crippen molar-refractivity contribution in [3.8, 4) is 11.1 Å². The lowest BCUT2D eigenvalue weighted by Crippen LogP contribution is -1.93. The van der Waals surface area contributed by atoms with E-state index >= 15 is 0 Å². The Balaban J connectivity index is 0.00000204. The molecular weight excluding hydrogens is 372 g/mol. The monoisotopic (exact) mass is 398 g/mol. The number of aryl methyl sites for hydroxylation is 2. The van der Waals surface area contributed by atoms with Gasteiger partial charge in [0.05, 0.1) is 0 Å². The van der Waals surface area contributed by atoms with Crippen LogP contribution in [0, 0.1) is 13.8 Å². The van der Waals surface area contributed by atoms with Crippen LogP contribution in [0.25, 0.3) is 54.2 Å². The van der Waals surface area contributed by atoms with Crippen molar-refractivity contribution in [1.82, 2.24) is 0 Å². The van der Waals surface area contributed by atoms with Gasteiger partial charge in [-0.2, -0.15) is 0 Å². The Kier molecular flexibility index (Phi) is 4.52. The Morgan fingerprint density at radius 3 is 0.742 bits per heavy atom. The van der Waals surface area contributed by atoms with Crippen LogP contribution in [0.3, 0.4) is 0 Å². The van der Waals surface area contributed by atoms with Gasteiger partial charge in [0, 0.05) is 0 Å². The highest BCUT2D eigenvalue weighted by molar-refractivity contribution is 6.24. The molecule has 6 rings (SSSR count). The molecule has 0 aliphatic heterocycles. The zero-order valence-corrected chi connectivity index (χ0v) is 17.2. The number of hydrogen-bond acceptors (Lipinski definition) is 0. The smallest absolute Gasteiger partial charge is 0.00141 e. The van der Waals surface area contributed by atoms with Crippen LogP contribution in [0.5, 0.6) is 0 Å². The van der Waals surface area contributed by atoms with Gasteiger partial charge in [-0.3, -0.25) is 0 Å². The van der Waals surface area contributed by atoms with Gasteiger partial charge in [-0.25, -0.2) is 0 Å². The summed E-state index contributed by atoms with van der Waals surface area (Å²) in [5, 5.41) is 10.6. The molecule has 6 aromatic carbocycles. The molecule has 0 N–H and O–H groups in total. The molecule has 0 unspecified atom stereocenters. The maximum absolute atomic E-state index is 2.29. The van der Waals surface area contributed by atoms with Crippen molar-refractivity contribution < 1.29 is 0 Å². The molecule has 0 aliphatic carbocycles. The maximum Gasteiger partial charge on any atom is -0.00141 e. The van der Waals surface area contributed by atoms with E-state index in [1.807, 2.05) is 0 Å². The summed E-state index contributed by atoms with van der Waals surface area (Å²) in [7, 11) is 0. The molecule has 6 aromatic rings. The molecule has 31 heavy (non-hydrogen) atoms. The van der Waals surface area contributed by atoms with Gasteiger partial charge in [0.2, 0.25) is 0 Å². The Hall–Kier alpha value is -3.64. The van der Waals surface area contributed by atoms with Gasteiger partial charge in [0.1, 0.15) is 0 Å². The lowest BCUT2D eigenvalue weighted by Gasteiger charge is -2.20. The molecule has 0 atom stereocenters. The highest BCUT2D eigenvalue weighted by atomic mass is 14.2. The molecular formula is C31H26. The fraction of sp³-hybridized carbons (Fsp3) is 0.0968. The van der Waals surface area contributed by atoms with Crippen LogP contribution in [0.4, 0.5) is 0 Å². The van der Waals surface area contributed by atoms with E-state index in [0.29, 0.717) is 0 Å². The quantitative estimate of drug-likeness (QED) is 0.242. The maximum atomic E-state index is 2.29. The molecule has 0 saturated carbocycles. The van der Waals surface area contributed by atoms with Gasteiger partial charge in [-0.15, -0.1) is 0 Å². The van der Waals surface area contributed by atoms with Gasteiger partial charge in [0.15, 0.2) is 0 Å². The molecule has 0 radical (unpaired) electrons.